The van der Waals surface area contributed by atoms with Crippen molar-refractivity contribution in [1.29, 1.82) is 0 Å². The van der Waals surface area contributed by atoms with E-state index in [1.165, 1.54) is 15.2 Å². The highest BCUT2D eigenvalue weighted by molar-refractivity contribution is 7.25. The van der Waals surface area contributed by atoms with E-state index < -0.39 is 96.7 Å². The summed E-state index contributed by atoms with van der Waals surface area (Å²) in [6, 6.07) is 26.8. The van der Waals surface area contributed by atoms with Crippen LogP contribution in [0.15, 0.2) is 212 Å². The van der Waals surface area contributed by atoms with Crippen LogP contribution in [-0.2, 0) is 0 Å². The van der Waals surface area contributed by atoms with Gasteiger partial charge in [0.2, 0.25) is 0 Å². The second kappa shape index (κ2) is 13.6. The molecule has 5 nitrogen and oxygen atoms in total. The maximum Gasteiger partial charge on any atom is 0.166 e. The van der Waals surface area contributed by atoms with E-state index >= 15 is 0 Å². The van der Waals surface area contributed by atoms with Gasteiger partial charge in [-0.3, -0.25) is 9.13 Å². The molecule has 0 aliphatic heterocycles. The fourth-order valence-electron chi connectivity index (χ4n) is 9.34. The number of rotatable bonds is 5. The molecular formula is C58H35N5S. The van der Waals surface area contributed by atoms with E-state index in [4.69, 9.17) is 20.9 Å². The molecule has 0 fully saturated rings. The Morgan fingerprint density at radius 2 is 0.859 bits per heavy atom. The minimum Gasteiger partial charge on any atom is -0.308 e. The largest absolute Gasteiger partial charge is 0.308 e. The first-order valence-corrected chi connectivity index (χ1v) is 21.2. The lowest BCUT2D eigenvalue weighted by Gasteiger charge is -2.19. The number of hydrogen-bond donors (Lipinski definition) is 0. The Labute approximate surface area is 393 Å². The van der Waals surface area contributed by atoms with E-state index in [0.29, 0.717) is 16.8 Å². The number of thiophene rings is 1. The van der Waals surface area contributed by atoms with E-state index in [0.717, 1.165) is 47.5 Å². The lowest BCUT2D eigenvalue weighted by molar-refractivity contribution is 0.991. The molecule has 6 heteroatoms. The minimum atomic E-state index is -0.679. The molecule has 0 N–H and O–H groups in total. The average Bonchev–Trinajstić information content (AvgIpc) is 3.68. The second-order valence-electron chi connectivity index (χ2n) is 15.4. The number of benzene rings is 9. The van der Waals surface area contributed by atoms with Crippen LogP contribution in [0.25, 0.3) is 125 Å². The van der Waals surface area contributed by atoms with Gasteiger partial charge in [-0.25, -0.2) is 9.97 Å². The van der Waals surface area contributed by atoms with Crippen LogP contribution >= 0.6 is 11.3 Å². The Hall–Kier alpha value is -8.32. The predicted octanol–water partition coefficient (Wildman–Crippen LogP) is 15.5. The van der Waals surface area contributed by atoms with Crippen molar-refractivity contribution in [2.24, 2.45) is 0 Å². The Morgan fingerprint density at radius 3 is 1.42 bits per heavy atom. The summed E-state index contributed by atoms with van der Waals surface area (Å²) in [6.07, 6.45) is 0. The summed E-state index contributed by atoms with van der Waals surface area (Å²) in [6.45, 7) is 0. The zero-order chi connectivity index (χ0) is 55.8. The molecule has 0 saturated carbocycles. The first kappa shape index (κ1) is 23.2. The molecule has 0 radical (unpaired) electrons. The van der Waals surface area contributed by atoms with Crippen molar-refractivity contribution >= 4 is 96.9 Å². The maximum absolute atomic E-state index is 9.50. The molecule has 0 saturated heterocycles. The summed E-state index contributed by atoms with van der Waals surface area (Å²) < 4.78 is 153. The first-order chi connectivity index (χ1) is 38.4. The van der Waals surface area contributed by atoms with Crippen LogP contribution in [-0.4, -0.2) is 23.7 Å². The molecular weight excluding hydrogens is 799 g/mol. The molecule has 0 aliphatic carbocycles. The van der Waals surface area contributed by atoms with Gasteiger partial charge in [0.25, 0.3) is 0 Å². The van der Waals surface area contributed by atoms with E-state index in [1.54, 1.807) is 11.3 Å². The average molecular weight is 850 g/mol. The molecule has 0 unspecified atom stereocenters. The zero-order valence-electron chi connectivity index (χ0n) is 49.1. The molecule has 14 rings (SSSR count). The van der Waals surface area contributed by atoms with Crippen molar-refractivity contribution in [2.75, 3.05) is 0 Å². The van der Waals surface area contributed by atoms with Crippen LogP contribution in [0.2, 0.25) is 0 Å². The Morgan fingerprint density at radius 1 is 0.375 bits per heavy atom. The SMILES string of the molecule is [2H]c1c([2H])c([2H])c2c(c1[2H])c1c([2H])c([2H])c([2H])c([2H])c1n2-c1cc(-n2c3c([2H])c([2H])c([2H])c([2H])c3c3c([2H])c([2H])c([2H])c([2H])c32)nc(-c2c(-c3ccc4c(c3)sc3ccccc34)cccc2-n2c3ccccc3c3ccccc32)n1. The lowest BCUT2D eigenvalue weighted by Crippen LogP contribution is -2.08. The topological polar surface area (TPSA) is 40.6 Å². The highest BCUT2D eigenvalue weighted by Crippen LogP contribution is 2.44. The molecule has 0 atom stereocenters. The first-order valence-electron chi connectivity index (χ1n) is 28.4. The number of para-hydroxylation sites is 6. The Balaban J connectivity index is 1.23. The van der Waals surface area contributed by atoms with Crippen molar-refractivity contribution in [1.82, 2.24) is 23.7 Å². The summed E-state index contributed by atoms with van der Waals surface area (Å²) in [7, 11) is 0. The van der Waals surface area contributed by atoms with Crippen molar-refractivity contribution in [3.05, 3.63) is 212 Å². The predicted molar refractivity (Wildman–Crippen MR) is 269 cm³/mol. The van der Waals surface area contributed by atoms with Gasteiger partial charge >= 0.3 is 0 Å². The minimum absolute atomic E-state index is 0.102. The van der Waals surface area contributed by atoms with Crippen LogP contribution in [0.1, 0.15) is 21.9 Å². The Kier molecular flexibility index (Phi) is 4.93. The number of aromatic nitrogens is 5. The van der Waals surface area contributed by atoms with Crippen LogP contribution in [0.3, 0.4) is 0 Å². The van der Waals surface area contributed by atoms with E-state index in [2.05, 4.69) is 22.8 Å². The lowest BCUT2D eigenvalue weighted by atomic mass is 9.96. The van der Waals surface area contributed by atoms with Crippen LogP contribution in [0.5, 0.6) is 0 Å². The number of hydrogen-bond acceptors (Lipinski definition) is 3. The summed E-state index contributed by atoms with van der Waals surface area (Å²) in [4.78, 5) is 10.7. The quantitative estimate of drug-likeness (QED) is 0.173. The molecule has 0 amide bonds. The molecule has 64 heavy (non-hydrogen) atoms. The van der Waals surface area contributed by atoms with Crippen molar-refractivity contribution in [2.45, 2.75) is 0 Å². The molecule has 0 spiro atoms. The normalized spacial score (nSPS) is 15.6. The van der Waals surface area contributed by atoms with E-state index in [-0.39, 0.29) is 61.1 Å². The van der Waals surface area contributed by atoms with Gasteiger partial charge in [0.15, 0.2) is 5.82 Å². The summed E-state index contributed by atoms with van der Waals surface area (Å²) in [5.41, 5.74) is 2.72. The number of nitrogens with zero attached hydrogens (tertiary/aromatic N) is 5. The molecule has 14 aromatic rings. The molecule has 0 aliphatic rings. The van der Waals surface area contributed by atoms with Gasteiger partial charge in [0.1, 0.15) is 11.6 Å². The third-order valence-electron chi connectivity index (χ3n) is 12.0. The van der Waals surface area contributed by atoms with Gasteiger partial charge in [-0.2, -0.15) is 0 Å². The van der Waals surface area contributed by atoms with Crippen molar-refractivity contribution in [3.8, 4) is 39.8 Å². The molecule has 5 aromatic heterocycles. The smallest absolute Gasteiger partial charge is 0.166 e. The highest BCUT2D eigenvalue weighted by atomic mass is 32.1. The van der Waals surface area contributed by atoms with Gasteiger partial charge in [-0.15, -0.1) is 11.3 Å². The molecule has 0 bridgehead atoms. The van der Waals surface area contributed by atoms with Crippen LogP contribution < -0.4 is 0 Å². The number of fused-ring (bicyclic) bond motifs is 12. The van der Waals surface area contributed by atoms with Crippen LogP contribution in [0.4, 0.5) is 0 Å². The van der Waals surface area contributed by atoms with Crippen LogP contribution in [0, 0.1) is 0 Å². The monoisotopic (exact) mass is 849 g/mol. The fraction of sp³-hybridized carbons (Fsp3) is 0. The summed E-state index contributed by atoms with van der Waals surface area (Å²) in [5.74, 6) is -0.575. The van der Waals surface area contributed by atoms with Crippen molar-refractivity contribution < 1.29 is 21.9 Å². The highest BCUT2D eigenvalue weighted by Gasteiger charge is 2.25. The van der Waals surface area contributed by atoms with Gasteiger partial charge in [-0.05, 0) is 65.6 Å². The van der Waals surface area contributed by atoms with Gasteiger partial charge < -0.3 is 4.57 Å². The van der Waals surface area contributed by atoms with Gasteiger partial charge in [-0.1, -0.05) is 151 Å². The standard InChI is InChI=1S/C58H35N5S/c1-8-24-46-38(16-1)39-17-2-9-25-47(39)61(46)52-30-15-23-37(36-32-33-45-44-22-7-14-31-53(44)64-54(45)34-36)57(52)58-59-55(62-48-26-10-3-18-40(48)41-19-4-11-27-49(41)62)35-56(60-58)63-50-28-12-5-20-42(50)43-21-6-13-29-51(43)63/h1-35H/i3D,4D,5D,6D,10D,11D,12D,13D,18D,19D,20D,21D,26D,27D,28D,29D. The summed E-state index contributed by atoms with van der Waals surface area (Å²) >= 11 is 1.61. The molecule has 5 heterocycles. The second-order valence-corrected chi connectivity index (χ2v) is 16.4. The van der Waals surface area contributed by atoms with Gasteiger partial charge in [0, 0.05) is 58.6 Å². The van der Waals surface area contributed by atoms with E-state index in [9.17, 15) is 11.0 Å². The summed E-state index contributed by atoms with van der Waals surface area (Å²) in [5, 5.41) is 3.00. The Bertz CT molecular complexity index is 4790. The third-order valence-corrected chi connectivity index (χ3v) is 13.1. The third kappa shape index (κ3) is 5.05. The van der Waals surface area contributed by atoms with E-state index in [1.807, 2.05) is 91.0 Å². The fourth-order valence-corrected chi connectivity index (χ4v) is 10.5. The van der Waals surface area contributed by atoms with Crippen molar-refractivity contribution in [3.63, 3.8) is 0 Å². The molecule has 298 valence electrons. The maximum atomic E-state index is 9.50. The zero-order valence-corrected chi connectivity index (χ0v) is 33.9. The van der Waals surface area contributed by atoms with Gasteiger partial charge in [0.05, 0.1) is 66.3 Å². The molecule has 9 aromatic carbocycles.